The minimum atomic E-state index is 0.408. The van der Waals surface area contributed by atoms with E-state index in [2.05, 4.69) is 41.6 Å². The summed E-state index contributed by atoms with van der Waals surface area (Å²) < 4.78 is 5.30. The highest BCUT2D eigenvalue weighted by Gasteiger charge is 2.25. The van der Waals surface area contributed by atoms with Gasteiger partial charge in [-0.2, -0.15) is 0 Å². The number of nitrogens with zero attached hydrogens (tertiary/aromatic N) is 2. The van der Waals surface area contributed by atoms with Crippen LogP contribution >= 0.6 is 0 Å². The molecule has 0 aliphatic heterocycles. The first-order valence-corrected chi connectivity index (χ1v) is 9.05. The van der Waals surface area contributed by atoms with Gasteiger partial charge in [-0.05, 0) is 25.2 Å². The van der Waals surface area contributed by atoms with Crippen LogP contribution in [-0.4, -0.2) is 24.2 Å². The van der Waals surface area contributed by atoms with Gasteiger partial charge in [0.1, 0.15) is 0 Å². The van der Waals surface area contributed by atoms with Crippen LogP contribution in [0.25, 0.3) is 0 Å². The van der Waals surface area contributed by atoms with E-state index >= 15 is 0 Å². The molecule has 2 unspecified atom stereocenters. The zero-order valence-corrected chi connectivity index (χ0v) is 15.1. The van der Waals surface area contributed by atoms with Crippen molar-refractivity contribution < 1.29 is 4.52 Å². The summed E-state index contributed by atoms with van der Waals surface area (Å²) in [4.78, 5) is 4.33. The molecule has 130 valence electrons. The van der Waals surface area contributed by atoms with Crippen molar-refractivity contribution in [2.75, 3.05) is 7.05 Å². The van der Waals surface area contributed by atoms with Gasteiger partial charge in [-0.1, -0.05) is 51.1 Å². The third kappa shape index (κ3) is 5.26. The zero-order chi connectivity index (χ0) is 16.7. The molecule has 0 saturated heterocycles. The van der Waals surface area contributed by atoms with E-state index in [4.69, 9.17) is 4.52 Å². The molecular weight excluding hydrogens is 288 g/mol. The Balaban J connectivity index is 1.80. The van der Waals surface area contributed by atoms with Gasteiger partial charge >= 0.3 is 0 Å². The fourth-order valence-electron chi connectivity index (χ4n) is 3.39. The standard InChI is InChI=1S/C18H32N4O/c1-5-16-11-17(23-22-16)12-20-18(19-4)21-14(3)13(2)15-9-7-6-8-10-15/h11,13-15H,5-10,12H2,1-4H3,(H2,19,20,21). The van der Waals surface area contributed by atoms with Crippen molar-refractivity contribution in [2.24, 2.45) is 16.8 Å². The summed E-state index contributed by atoms with van der Waals surface area (Å²) in [6.07, 6.45) is 7.83. The predicted molar refractivity (Wildman–Crippen MR) is 94.4 cm³/mol. The van der Waals surface area contributed by atoms with Crippen LogP contribution in [0.4, 0.5) is 0 Å². The van der Waals surface area contributed by atoms with Crippen LogP contribution in [0.1, 0.15) is 64.3 Å². The van der Waals surface area contributed by atoms with Crippen LogP contribution in [-0.2, 0) is 13.0 Å². The Bertz CT molecular complexity index is 491. The molecule has 0 radical (unpaired) electrons. The highest BCUT2D eigenvalue weighted by atomic mass is 16.5. The first kappa shape index (κ1) is 17.8. The highest BCUT2D eigenvalue weighted by molar-refractivity contribution is 5.79. The second-order valence-corrected chi connectivity index (χ2v) is 6.75. The summed E-state index contributed by atoms with van der Waals surface area (Å²) in [5.41, 5.74) is 0.990. The summed E-state index contributed by atoms with van der Waals surface area (Å²) >= 11 is 0. The maximum absolute atomic E-state index is 5.30. The van der Waals surface area contributed by atoms with E-state index in [-0.39, 0.29) is 0 Å². The van der Waals surface area contributed by atoms with Crippen molar-refractivity contribution in [3.05, 3.63) is 17.5 Å². The number of aryl methyl sites for hydroxylation is 1. The van der Waals surface area contributed by atoms with Gasteiger partial charge in [0, 0.05) is 19.2 Å². The molecule has 0 spiro atoms. The van der Waals surface area contributed by atoms with Crippen LogP contribution in [0.15, 0.2) is 15.6 Å². The van der Waals surface area contributed by atoms with E-state index in [1.54, 1.807) is 0 Å². The lowest BCUT2D eigenvalue weighted by atomic mass is 9.78. The Kier molecular flexibility index (Phi) is 6.93. The van der Waals surface area contributed by atoms with Crippen molar-refractivity contribution >= 4 is 5.96 Å². The van der Waals surface area contributed by atoms with Gasteiger partial charge in [0.25, 0.3) is 0 Å². The second-order valence-electron chi connectivity index (χ2n) is 6.75. The molecule has 1 aliphatic carbocycles. The lowest BCUT2D eigenvalue weighted by molar-refractivity contribution is 0.229. The van der Waals surface area contributed by atoms with Gasteiger partial charge in [-0.3, -0.25) is 4.99 Å². The maximum Gasteiger partial charge on any atom is 0.191 e. The third-order valence-corrected chi connectivity index (χ3v) is 5.17. The number of aromatic nitrogens is 1. The molecule has 1 fully saturated rings. The minimum Gasteiger partial charge on any atom is -0.359 e. The first-order chi connectivity index (χ1) is 11.1. The van der Waals surface area contributed by atoms with Crippen molar-refractivity contribution in [1.29, 1.82) is 0 Å². The number of nitrogens with one attached hydrogen (secondary N) is 2. The van der Waals surface area contributed by atoms with E-state index in [1.807, 2.05) is 13.1 Å². The second kappa shape index (κ2) is 8.94. The maximum atomic E-state index is 5.30. The number of guanidine groups is 1. The molecule has 2 N–H and O–H groups in total. The molecular formula is C18H32N4O. The van der Waals surface area contributed by atoms with Crippen LogP contribution < -0.4 is 10.6 Å². The average Bonchev–Trinajstić information content (AvgIpc) is 3.06. The molecule has 0 bridgehead atoms. The van der Waals surface area contributed by atoms with Gasteiger partial charge in [0.15, 0.2) is 11.7 Å². The predicted octanol–water partition coefficient (Wildman–Crippen LogP) is 3.51. The zero-order valence-electron chi connectivity index (χ0n) is 15.1. The summed E-state index contributed by atoms with van der Waals surface area (Å²) in [6.45, 7) is 7.31. The van der Waals surface area contributed by atoms with Crippen LogP contribution in [0.2, 0.25) is 0 Å². The van der Waals surface area contributed by atoms with Gasteiger partial charge in [-0.25, -0.2) is 0 Å². The van der Waals surface area contributed by atoms with Crippen molar-refractivity contribution in [3.63, 3.8) is 0 Å². The third-order valence-electron chi connectivity index (χ3n) is 5.17. The first-order valence-electron chi connectivity index (χ1n) is 9.05. The normalized spacial score (nSPS) is 19.4. The highest BCUT2D eigenvalue weighted by Crippen LogP contribution is 2.31. The molecule has 5 nitrogen and oxygen atoms in total. The molecule has 1 aliphatic rings. The molecule has 1 aromatic rings. The Morgan fingerprint density at radius 3 is 2.70 bits per heavy atom. The molecule has 1 saturated carbocycles. The number of hydrogen-bond acceptors (Lipinski definition) is 3. The van der Waals surface area contributed by atoms with Crippen LogP contribution in [0.3, 0.4) is 0 Å². The largest absolute Gasteiger partial charge is 0.359 e. The molecule has 2 atom stereocenters. The van der Waals surface area contributed by atoms with E-state index in [0.717, 1.165) is 29.8 Å². The fraction of sp³-hybridized carbons (Fsp3) is 0.778. The van der Waals surface area contributed by atoms with Gasteiger partial charge in [0.2, 0.25) is 0 Å². The SMILES string of the molecule is CCc1cc(CNC(=NC)NC(C)C(C)C2CCCCC2)on1. The average molecular weight is 320 g/mol. The topological polar surface area (TPSA) is 62.5 Å². The fourth-order valence-corrected chi connectivity index (χ4v) is 3.39. The smallest absolute Gasteiger partial charge is 0.191 e. The molecule has 23 heavy (non-hydrogen) atoms. The lowest BCUT2D eigenvalue weighted by Crippen LogP contribution is -2.46. The quantitative estimate of drug-likeness (QED) is 0.622. The van der Waals surface area contributed by atoms with Gasteiger partial charge < -0.3 is 15.2 Å². The molecule has 1 aromatic heterocycles. The van der Waals surface area contributed by atoms with Crippen molar-refractivity contribution in [3.8, 4) is 0 Å². The molecule has 1 heterocycles. The number of aliphatic imine (C=N–C) groups is 1. The molecule has 0 amide bonds. The Labute approximate surface area is 140 Å². The van der Waals surface area contributed by atoms with Crippen LogP contribution in [0.5, 0.6) is 0 Å². The Morgan fingerprint density at radius 2 is 2.09 bits per heavy atom. The lowest BCUT2D eigenvalue weighted by Gasteiger charge is -2.32. The summed E-state index contributed by atoms with van der Waals surface area (Å²) in [7, 11) is 1.81. The monoisotopic (exact) mass is 320 g/mol. The molecule has 2 rings (SSSR count). The molecule has 0 aromatic carbocycles. The summed E-state index contributed by atoms with van der Waals surface area (Å²) in [6, 6.07) is 2.40. The van der Waals surface area contributed by atoms with E-state index in [1.165, 1.54) is 32.1 Å². The summed E-state index contributed by atoms with van der Waals surface area (Å²) in [5.74, 6) is 3.17. The number of hydrogen-bond donors (Lipinski definition) is 2. The summed E-state index contributed by atoms with van der Waals surface area (Å²) in [5, 5.41) is 10.9. The van der Waals surface area contributed by atoms with E-state index < -0.39 is 0 Å². The van der Waals surface area contributed by atoms with E-state index in [9.17, 15) is 0 Å². The van der Waals surface area contributed by atoms with Crippen LogP contribution in [0, 0.1) is 11.8 Å². The van der Waals surface area contributed by atoms with Gasteiger partial charge in [-0.15, -0.1) is 0 Å². The Morgan fingerprint density at radius 1 is 1.35 bits per heavy atom. The van der Waals surface area contributed by atoms with Crippen molar-refractivity contribution in [2.45, 2.75) is 71.9 Å². The number of rotatable bonds is 6. The Hall–Kier alpha value is -1.52. The molecule has 5 heteroatoms. The minimum absolute atomic E-state index is 0.408. The van der Waals surface area contributed by atoms with Crippen molar-refractivity contribution in [1.82, 2.24) is 15.8 Å². The van der Waals surface area contributed by atoms with Gasteiger partial charge in [0.05, 0.1) is 12.2 Å². The van der Waals surface area contributed by atoms with E-state index in [0.29, 0.717) is 18.5 Å².